The summed E-state index contributed by atoms with van der Waals surface area (Å²) in [5.41, 5.74) is 3.03. The molecule has 2 unspecified atom stereocenters. The van der Waals surface area contributed by atoms with E-state index >= 15 is 0 Å². The second-order valence-electron chi connectivity index (χ2n) is 7.27. The lowest BCUT2D eigenvalue weighted by molar-refractivity contribution is 0.0720. The van der Waals surface area contributed by atoms with Crippen molar-refractivity contribution < 1.29 is 10.2 Å². The van der Waals surface area contributed by atoms with Gasteiger partial charge in [0.05, 0.1) is 0 Å². The van der Waals surface area contributed by atoms with Gasteiger partial charge >= 0.3 is 0 Å². The van der Waals surface area contributed by atoms with Gasteiger partial charge in [0, 0.05) is 0 Å². The molecule has 22 heavy (non-hydrogen) atoms. The highest BCUT2D eigenvalue weighted by Gasteiger charge is 2.38. The molecular formula is C20H32O2. The van der Waals surface area contributed by atoms with Crippen molar-refractivity contribution in [3.8, 4) is 0 Å². The molecule has 1 saturated carbocycles. The van der Waals surface area contributed by atoms with E-state index in [-0.39, 0.29) is 5.41 Å². The molecule has 2 heteroatoms. The van der Waals surface area contributed by atoms with Gasteiger partial charge in [-0.2, -0.15) is 0 Å². The van der Waals surface area contributed by atoms with Crippen LogP contribution in [0.4, 0.5) is 0 Å². The van der Waals surface area contributed by atoms with E-state index < -0.39 is 12.2 Å². The van der Waals surface area contributed by atoms with Crippen LogP contribution in [0.3, 0.4) is 0 Å². The minimum atomic E-state index is -0.895. The van der Waals surface area contributed by atoms with Crippen molar-refractivity contribution in [1.29, 1.82) is 0 Å². The van der Waals surface area contributed by atoms with Crippen LogP contribution in [0.5, 0.6) is 0 Å². The fourth-order valence-corrected chi connectivity index (χ4v) is 3.54. The number of aliphatic hydroxyl groups excluding tert-OH is 2. The summed E-state index contributed by atoms with van der Waals surface area (Å²) in [7, 11) is 0. The lowest BCUT2D eigenvalue weighted by atomic mass is 9.61. The van der Waals surface area contributed by atoms with E-state index in [1.54, 1.807) is 13.0 Å². The van der Waals surface area contributed by atoms with Gasteiger partial charge in [0.1, 0.15) is 12.2 Å². The van der Waals surface area contributed by atoms with Crippen LogP contribution in [0.2, 0.25) is 0 Å². The van der Waals surface area contributed by atoms with Crippen LogP contribution >= 0.6 is 0 Å². The number of rotatable bonds is 6. The Hall–Kier alpha value is -1.12. The normalized spacial score (nSPS) is 32.2. The highest BCUT2D eigenvalue weighted by molar-refractivity contribution is 5.18. The summed E-state index contributed by atoms with van der Waals surface area (Å²) in [6.45, 7) is 20.0. The molecule has 0 heterocycles. The SMILES string of the molecule is C=C[C@@]1(C)CC[C@H](/C(C)=C/C(O)C(O)C(=C)C)C[C@@H]1C(=C)C. The summed E-state index contributed by atoms with van der Waals surface area (Å²) in [4.78, 5) is 0. The van der Waals surface area contributed by atoms with Crippen LogP contribution in [0.25, 0.3) is 0 Å². The third-order valence-electron chi connectivity index (χ3n) is 5.31. The quantitative estimate of drug-likeness (QED) is 0.713. The first-order valence-electron chi connectivity index (χ1n) is 8.11. The molecule has 1 aliphatic carbocycles. The van der Waals surface area contributed by atoms with Crippen molar-refractivity contribution in [2.24, 2.45) is 17.3 Å². The first-order chi connectivity index (χ1) is 10.1. The Balaban J connectivity index is 2.88. The van der Waals surface area contributed by atoms with Gasteiger partial charge in [0.2, 0.25) is 0 Å². The molecule has 2 nitrogen and oxygen atoms in total. The van der Waals surface area contributed by atoms with Crippen LogP contribution in [0.15, 0.2) is 48.6 Å². The van der Waals surface area contributed by atoms with Gasteiger partial charge < -0.3 is 10.2 Å². The monoisotopic (exact) mass is 304 g/mol. The maximum Gasteiger partial charge on any atom is 0.104 e. The maximum absolute atomic E-state index is 10.1. The zero-order chi connectivity index (χ0) is 17.1. The Labute approximate surface area is 135 Å². The lowest BCUT2D eigenvalue weighted by Gasteiger charge is -2.43. The summed E-state index contributed by atoms with van der Waals surface area (Å²) in [6.07, 6.45) is 5.25. The van der Waals surface area contributed by atoms with Gasteiger partial charge in [0.25, 0.3) is 0 Å². The zero-order valence-corrected chi connectivity index (χ0v) is 14.6. The summed E-state index contributed by atoms with van der Waals surface area (Å²) >= 11 is 0. The van der Waals surface area contributed by atoms with E-state index in [0.717, 1.165) is 24.8 Å². The summed E-state index contributed by atoms with van der Waals surface area (Å²) in [6, 6.07) is 0. The fourth-order valence-electron chi connectivity index (χ4n) is 3.54. The molecule has 5 atom stereocenters. The standard InChI is InChI=1S/C20H32O2/c1-8-20(7)10-9-16(12-17(20)13(2)3)15(6)11-18(21)19(22)14(4)5/h8,11,16-19,21-22H,1-2,4,9-10,12H2,3,5-7H3/b15-11+/t16-,17+,18?,19?,20-/m0/s1. The van der Waals surface area contributed by atoms with E-state index in [1.165, 1.54) is 5.57 Å². The molecule has 0 radical (unpaired) electrons. The van der Waals surface area contributed by atoms with E-state index in [4.69, 9.17) is 0 Å². The number of aliphatic hydroxyl groups is 2. The Morgan fingerprint density at radius 1 is 1.23 bits per heavy atom. The molecule has 1 aliphatic rings. The van der Waals surface area contributed by atoms with Gasteiger partial charge in [-0.25, -0.2) is 0 Å². The minimum Gasteiger partial charge on any atom is -0.386 e. The largest absolute Gasteiger partial charge is 0.386 e. The Bertz CT molecular complexity index is 474. The van der Waals surface area contributed by atoms with Gasteiger partial charge in [-0.3, -0.25) is 0 Å². The van der Waals surface area contributed by atoms with E-state index in [9.17, 15) is 10.2 Å². The number of allylic oxidation sites excluding steroid dienone is 3. The summed E-state index contributed by atoms with van der Waals surface area (Å²) < 4.78 is 0. The highest BCUT2D eigenvalue weighted by Crippen LogP contribution is 2.48. The smallest absolute Gasteiger partial charge is 0.104 e. The third kappa shape index (κ3) is 4.21. The highest BCUT2D eigenvalue weighted by atomic mass is 16.3. The molecule has 1 fully saturated rings. The average molecular weight is 304 g/mol. The number of hydrogen-bond donors (Lipinski definition) is 2. The predicted molar refractivity (Wildman–Crippen MR) is 94.5 cm³/mol. The molecule has 0 aromatic heterocycles. The zero-order valence-electron chi connectivity index (χ0n) is 14.6. The number of hydrogen-bond acceptors (Lipinski definition) is 2. The Morgan fingerprint density at radius 2 is 1.82 bits per heavy atom. The van der Waals surface area contributed by atoms with Crippen LogP contribution in [0, 0.1) is 17.3 Å². The topological polar surface area (TPSA) is 40.5 Å². The summed E-state index contributed by atoms with van der Waals surface area (Å²) in [5, 5.41) is 20.0. The van der Waals surface area contributed by atoms with Crippen LogP contribution < -0.4 is 0 Å². The molecular weight excluding hydrogens is 272 g/mol. The van der Waals surface area contributed by atoms with Crippen molar-refractivity contribution in [2.45, 2.75) is 59.2 Å². The first kappa shape index (κ1) is 18.9. The molecule has 0 saturated heterocycles. The van der Waals surface area contributed by atoms with Crippen molar-refractivity contribution in [3.05, 3.63) is 48.6 Å². The molecule has 0 bridgehead atoms. The maximum atomic E-state index is 10.1. The predicted octanol–water partition coefficient (Wildman–Crippen LogP) is 4.42. The van der Waals surface area contributed by atoms with Crippen LogP contribution in [0.1, 0.15) is 47.0 Å². The molecule has 124 valence electrons. The van der Waals surface area contributed by atoms with Gasteiger partial charge in [-0.1, -0.05) is 43.4 Å². The van der Waals surface area contributed by atoms with Gasteiger partial charge in [-0.05, 0) is 62.9 Å². The third-order valence-corrected chi connectivity index (χ3v) is 5.31. The van der Waals surface area contributed by atoms with Crippen molar-refractivity contribution in [1.82, 2.24) is 0 Å². The molecule has 0 amide bonds. The van der Waals surface area contributed by atoms with Crippen molar-refractivity contribution >= 4 is 0 Å². The van der Waals surface area contributed by atoms with E-state index in [1.807, 2.05) is 6.92 Å². The molecule has 2 N–H and O–H groups in total. The average Bonchev–Trinajstić information content (AvgIpc) is 2.46. The molecule has 0 aliphatic heterocycles. The fraction of sp³-hybridized carbons (Fsp3) is 0.600. The van der Waals surface area contributed by atoms with Crippen LogP contribution in [-0.4, -0.2) is 22.4 Å². The molecule has 0 aromatic rings. The van der Waals surface area contributed by atoms with Crippen LogP contribution in [-0.2, 0) is 0 Å². The van der Waals surface area contributed by atoms with Gasteiger partial charge in [-0.15, -0.1) is 6.58 Å². The first-order valence-corrected chi connectivity index (χ1v) is 8.11. The van der Waals surface area contributed by atoms with Gasteiger partial charge in [0.15, 0.2) is 0 Å². The summed E-state index contributed by atoms with van der Waals surface area (Å²) in [5.74, 6) is 0.831. The van der Waals surface area contributed by atoms with E-state index in [2.05, 4.69) is 39.7 Å². The minimum absolute atomic E-state index is 0.110. The van der Waals surface area contributed by atoms with Crippen molar-refractivity contribution in [2.75, 3.05) is 0 Å². The second kappa shape index (κ2) is 7.43. The lowest BCUT2D eigenvalue weighted by Crippen LogP contribution is -2.34. The van der Waals surface area contributed by atoms with E-state index in [0.29, 0.717) is 17.4 Å². The molecule has 0 spiro atoms. The second-order valence-corrected chi connectivity index (χ2v) is 7.27. The molecule has 1 rings (SSSR count). The van der Waals surface area contributed by atoms with Crippen molar-refractivity contribution in [3.63, 3.8) is 0 Å². The molecule has 0 aromatic carbocycles. The Kier molecular flexibility index (Phi) is 6.39. The Morgan fingerprint density at radius 3 is 2.27 bits per heavy atom.